The molecule has 0 amide bonds. The highest BCUT2D eigenvalue weighted by Gasteiger charge is 2.32. The molecule has 108 valence electrons. The van der Waals surface area contributed by atoms with Gasteiger partial charge >= 0.3 is 0 Å². The molecular weight excluding hydrogens is 268 g/mol. The summed E-state index contributed by atoms with van der Waals surface area (Å²) in [5, 5.41) is 24.2. The first-order valence-electron chi connectivity index (χ1n) is 6.79. The maximum absolute atomic E-state index is 8.73. The van der Waals surface area contributed by atoms with Crippen LogP contribution in [0.3, 0.4) is 0 Å². The van der Waals surface area contributed by atoms with Crippen LogP contribution in [-0.4, -0.2) is 32.6 Å². The van der Waals surface area contributed by atoms with E-state index >= 15 is 0 Å². The predicted molar refractivity (Wildman–Crippen MR) is 75.4 cm³/mol. The lowest BCUT2D eigenvalue weighted by atomic mass is 10.0. The highest BCUT2D eigenvalue weighted by molar-refractivity contribution is 5.38. The standard InChI is InChI=1S/C14H16N6O/c1-9-11(8-16-20(9)2)14-12(5-6-21-14)17-13-4-3-10(7-15)18-19-13/h3-4,8,12,14H,5-6H2,1-2H3,(H,17,19)/t12-,14+/m0/s1. The minimum absolute atomic E-state index is 0.0452. The van der Waals surface area contributed by atoms with Crippen molar-refractivity contribution in [1.29, 1.82) is 5.26 Å². The lowest BCUT2D eigenvalue weighted by Crippen LogP contribution is -2.24. The largest absolute Gasteiger partial charge is 0.371 e. The molecule has 2 aromatic rings. The summed E-state index contributed by atoms with van der Waals surface area (Å²) >= 11 is 0. The molecule has 1 saturated heterocycles. The molecule has 0 spiro atoms. The molecule has 2 atom stereocenters. The average Bonchev–Trinajstić information content (AvgIpc) is 3.08. The predicted octanol–water partition coefficient (Wildman–Crippen LogP) is 1.33. The van der Waals surface area contributed by atoms with Crippen molar-refractivity contribution in [3.63, 3.8) is 0 Å². The van der Waals surface area contributed by atoms with Crippen LogP contribution in [0, 0.1) is 18.3 Å². The van der Waals surface area contributed by atoms with E-state index in [0.717, 1.165) is 17.7 Å². The Labute approximate surface area is 122 Å². The van der Waals surface area contributed by atoms with E-state index in [1.54, 1.807) is 12.1 Å². The van der Waals surface area contributed by atoms with Crippen LogP contribution in [0.1, 0.15) is 29.5 Å². The van der Waals surface area contributed by atoms with Gasteiger partial charge in [0.15, 0.2) is 5.69 Å². The first-order chi connectivity index (χ1) is 10.2. The number of aryl methyl sites for hydroxylation is 1. The van der Waals surface area contributed by atoms with Gasteiger partial charge in [-0.25, -0.2) is 0 Å². The topological polar surface area (TPSA) is 88.7 Å². The zero-order valence-electron chi connectivity index (χ0n) is 11.9. The Morgan fingerprint density at radius 3 is 2.90 bits per heavy atom. The van der Waals surface area contributed by atoms with E-state index < -0.39 is 0 Å². The van der Waals surface area contributed by atoms with Gasteiger partial charge in [0.2, 0.25) is 0 Å². The number of nitriles is 1. The van der Waals surface area contributed by atoms with E-state index in [4.69, 9.17) is 10.00 Å². The van der Waals surface area contributed by atoms with Crippen LogP contribution in [0.15, 0.2) is 18.3 Å². The zero-order chi connectivity index (χ0) is 14.8. The van der Waals surface area contributed by atoms with Crippen LogP contribution in [0.2, 0.25) is 0 Å². The van der Waals surface area contributed by atoms with Gasteiger partial charge in [0, 0.05) is 24.9 Å². The number of nitrogens with one attached hydrogen (secondary N) is 1. The maximum atomic E-state index is 8.73. The Bertz CT molecular complexity index is 672. The van der Waals surface area contributed by atoms with Gasteiger partial charge in [-0.1, -0.05) is 0 Å². The summed E-state index contributed by atoms with van der Waals surface area (Å²) in [4.78, 5) is 0. The van der Waals surface area contributed by atoms with E-state index in [1.165, 1.54) is 0 Å². The summed E-state index contributed by atoms with van der Waals surface area (Å²) in [6.45, 7) is 2.73. The molecular formula is C14H16N6O. The molecule has 1 N–H and O–H groups in total. The van der Waals surface area contributed by atoms with Gasteiger partial charge in [0.1, 0.15) is 18.0 Å². The van der Waals surface area contributed by atoms with Gasteiger partial charge in [-0.3, -0.25) is 4.68 Å². The molecule has 1 aliphatic rings. The van der Waals surface area contributed by atoms with Crippen molar-refractivity contribution in [2.75, 3.05) is 11.9 Å². The monoisotopic (exact) mass is 284 g/mol. The summed E-state index contributed by atoms with van der Waals surface area (Å²) in [6, 6.07) is 5.49. The Morgan fingerprint density at radius 1 is 1.43 bits per heavy atom. The molecule has 0 bridgehead atoms. The van der Waals surface area contributed by atoms with Crippen molar-refractivity contribution >= 4 is 5.82 Å². The van der Waals surface area contributed by atoms with Crippen molar-refractivity contribution < 1.29 is 4.74 Å². The summed E-state index contributed by atoms with van der Waals surface area (Å²) in [6.07, 6.45) is 2.70. The fourth-order valence-electron chi connectivity index (χ4n) is 2.50. The van der Waals surface area contributed by atoms with Gasteiger partial charge in [-0.05, 0) is 25.5 Å². The molecule has 1 fully saturated rings. The first kappa shape index (κ1) is 13.5. The molecule has 3 rings (SSSR count). The average molecular weight is 284 g/mol. The van der Waals surface area contributed by atoms with Crippen LogP contribution in [0.5, 0.6) is 0 Å². The number of anilines is 1. The molecule has 3 heterocycles. The van der Waals surface area contributed by atoms with Crippen LogP contribution >= 0.6 is 0 Å². The van der Waals surface area contributed by atoms with Crippen molar-refractivity contribution in [2.45, 2.75) is 25.5 Å². The van der Waals surface area contributed by atoms with E-state index in [0.29, 0.717) is 18.1 Å². The molecule has 1 aliphatic heterocycles. The lowest BCUT2D eigenvalue weighted by molar-refractivity contribution is 0.107. The van der Waals surface area contributed by atoms with Gasteiger partial charge in [0.25, 0.3) is 0 Å². The van der Waals surface area contributed by atoms with E-state index in [-0.39, 0.29) is 12.1 Å². The van der Waals surface area contributed by atoms with E-state index in [9.17, 15) is 0 Å². The number of aromatic nitrogens is 4. The molecule has 0 radical (unpaired) electrons. The number of hydrogen-bond donors (Lipinski definition) is 1. The number of nitrogens with zero attached hydrogens (tertiary/aromatic N) is 5. The normalized spacial score (nSPS) is 21.2. The third-order valence-electron chi connectivity index (χ3n) is 3.78. The van der Waals surface area contributed by atoms with Crippen LogP contribution in [0.25, 0.3) is 0 Å². The minimum Gasteiger partial charge on any atom is -0.371 e. The number of rotatable bonds is 3. The van der Waals surface area contributed by atoms with Crippen molar-refractivity contribution in [3.05, 3.63) is 35.3 Å². The molecule has 0 saturated carbocycles. The number of hydrogen-bond acceptors (Lipinski definition) is 6. The smallest absolute Gasteiger partial charge is 0.163 e. The van der Waals surface area contributed by atoms with E-state index in [2.05, 4.69) is 20.6 Å². The Kier molecular flexibility index (Phi) is 3.54. The zero-order valence-corrected chi connectivity index (χ0v) is 11.9. The second-order valence-corrected chi connectivity index (χ2v) is 5.06. The van der Waals surface area contributed by atoms with Crippen LogP contribution < -0.4 is 5.32 Å². The fraction of sp³-hybridized carbons (Fsp3) is 0.429. The molecule has 0 unspecified atom stereocenters. The van der Waals surface area contributed by atoms with Crippen LogP contribution in [-0.2, 0) is 11.8 Å². The summed E-state index contributed by atoms with van der Waals surface area (Å²) in [5.74, 6) is 0.649. The molecule has 0 aromatic carbocycles. The molecule has 0 aliphatic carbocycles. The van der Waals surface area contributed by atoms with Crippen molar-refractivity contribution in [2.24, 2.45) is 7.05 Å². The van der Waals surface area contributed by atoms with Crippen molar-refractivity contribution in [1.82, 2.24) is 20.0 Å². The molecule has 21 heavy (non-hydrogen) atoms. The molecule has 7 nitrogen and oxygen atoms in total. The quantitative estimate of drug-likeness (QED) is 0.914. The molecule has 2 aromatic heterocycles. The Morgan fingerprint density at radius 2 is 2.29 bits per heavy atom. The third kappa shape index (κ3) is 2.58. The Balaban J connectivity index is 1.78. The SMILES string of the molecule is Cc1c([C@H]2OCC[C@@H]2Nc2ccc(C#N)nn2)cnn1C. The number of ether oxygens (including phenoxy) is 1. The highest BCUT2D eigenvalue weighted by Crippen LogP contribution is 2.32. The van der Waals surface area contributed by atoms with Gasteiger partial charge < -0.3 is 10.1 Å². The fourth-order valence-corrected chi connectivity index (χ4v) is 2.50. The lowest BCUT2D eigenvalue weighted by Gasteiger charge is -2.20. The van der Waals surface area contributed by atoms with Gasteiger partial charge in [0.05, 0.1) is 12.2 Å². The summed E-state index contributed by atoms with van der Waals surface area (Å²) in [7, 11) is 1.92. The Hall–Kier alpha value is -2.46. The van der Waals surface area contributed by atoms with Gasteiger partial charge in [-0.15, -0.1) is 10.2 Å². The third-order valence-corrected chi connectivity index (χ3v) is 3.78. The highest BCUT2D eigenvalue weighted by atomic mass is 16.5. The first-order valence-corrected chi connectivity index (χ1v) is 6.79. The van der Waals surface area contributed by atoms with Gasteiger partial charge in [-0.2, -0.15) is 10.4 Å². The molecule has 7 heteroatoms. The second-order valence-electron chi connectivity index (χ2n) is 5.06. The van der Waals surface area contributed by atoms with Crippen molar-refractivity contribution in [3.8, 4) is 6.07 Å². The second kappa shape index (κ2) is 5.50. The maximum Gasteiger partial charge on any atom is 0.163 e. The summed E-state index contributed by atoms with van der Waals surface area (Å²) < 4.78 is 7.69. The summed E-state index contributed by atoms with van der Waals surface area (Å²) in [5.41, 5.74) is 2.50. The van der Waals surface area contributed by atoms with Crippen LogP contribution in [0.4, 0.5) is 5.82 Å². The minimum atomic E-state index is -0.0452. The van der Waals surface area contributed by atoms with E-state index in [1.807, 2.05) is 30.9 Å².